The molecular weight excluding hydrogens is 294 g/mol. The first kappa shape index (κ1) is 15.5. The summed E-state index contributed by atoms with van der Waals surface area (Å²) in [6.45, 7) is 0.941. The van der Waals surface area contributed by atoms with Crippen molar-refractivity contribution in [2.75, 3.05) is 20.8 Å². The van der Waals surface area contributed by atoms with E-state index in [4.69, 9.17) is 21.1 Å². The fraction of sp³-hybridized carbons (Fsp3) is 0.357. The molecule has 0 aliphatic rings. The predicted molar refractivity (Wildman–Crippen MR) is 77.5 cm³/mol. The molecule has 0 aliphatic heterocycles. The van der Waals surface area contributed by atoms with Crippen LogP contribution in [0.4, 0.5) is 0 Å². The van der Waals surface area contributed by atoms with Crippen molar-refractivity contribution in [2.24, 2.45) is 0 Å². The largest absolute Gasteiger partial charge is 0.464 e. The molecule has 0 aliphatic carbocycles. The molecule has 6 nitrogen and oxygen atoms in total. The van der Waals surface area contributed by atoms with E-state index >= 15 is 0 Å². The van der Waals surface area contributed by atoms with E-state index in [0.29, 0.717) is 30.3 Å². The average molecular weight is 310 g/mol. The van der Waals surface area contributed by atoms with E-state index in [1.807, 2.05) is 18.2 Å². The number of aromatic nitrogens is 3. The lowest BCUT2D eigenvalue weighted by molar-refractivity contribution is 0.0592. The highest BCUT2D eigenvalue weighted by atomic mass is 35.5. The molecule has 112 valence electrons. The van der Waals surface area contributed by atoms with Crippen LogP contribution in [0.3, 0.4) is 0 Å². The lowest BCUT2D eigenvalue weighted by Crippen LogP contribution is -2.12. The van der Waals surface area contributed by atoms with E-state index < -0.39 is 5.97 Å². The Bertz CT molecular complexity index is 628. The van der Waals surface area contributed by atoms with E-state index in [-0.39, 0.29) is 5.69 Å². The quantitative estimate of drug-likeness (QED) is 0.763. The van der Waals surface area contributed by atoms with Crippen LogP contribution in [0.5, 0.6) is 0 Å². The molecule has 7 heteroatoms. The molecule has 0 radical (unpaired) electrons. The average Bonchev–Trinajstić information content (AvgIpc) is 2.87. The molecule has 0 saturated carbocycles. The molecule has 2 aromatic rings. The van der Waals surface area contributed by atoms with Gasteiger partial charge in [0.1, 0.15) is 0 Å². The maximum Gasteiger partial charge on any atom is 0.360 e. The summed E-state index contributed by atoms with van der Waals surface area (Å²) >= 11 is 5.97. The summed E-state index contributed by atoms with van der Waals surface area (Å²) in [5.74, 6) is -0.501. The van der Waals surface area contributed by atoms with Gasteiger partial charge in [0, 0.05) is 18.6 Å². The molecule has 0 atom stereocenters. The minimum absolute atomic E-state index is 0.219. The van der Waals surface area contributed by atoms with Gasteiger partial charge in [-0.2, -0.15) is 0 Å². The minimum Gasteiger partial charge on any atom is -0.464 e. The zero-order valence-electron chi connectivity index (χ0n) is 11.9. The van der Waals surface area contributed by atoms with Crippen LogP contribution in [0.25, 0.3) is 0 Å². The van der Waals surface area contributed by atoms with Gasteiger partial charge in [0.05, 0.1) is 26.0 Å². The Morgan fingerprint density at radius 1 is 1.38 bits per heavy atom. The molecule has 2 rings (SSSR count). The first-order valence-corrected chi connectivity index (χ1v) is 6.77. The van der Waals surface area contributed by atoms with Gasteiger partial charge in [0.15, 0.2) is 5.69 Å². The van der Waals surface area contributed by atoms with Gasteiger partial charge in [-0.3, -0.25) is 0 Å². The zero-order chi connectivity index (χ0) is 15.2. The van der Waals surface area contributed by atoms with E-state index in [1.165, 1.54) is 7.11 Å². The second kappa shape index (κ2) is 7.19. The van der Waals surface area contributed by atoms with E-state index in [2.05, 4.69) is 10.3 Å². The van der Waals surface area contributed by atoms with Gasteiger partial charge >= 0.3 is 5.97 Å². The molecule has 0 spiro atoms. The fourth-order valence-electron chi connectivity index (χ4n) is 1.97. The second-order valence-electron chi connectivity index (χ2n) is 4.41. The van der Waals surface area contributed by atoms with Crippen molar-refractivity contribution in [3.63, 3.8) is 0 Å². The van der Waals surface area contributed by atoms with Crippen molar-refractivity contribution >= 4 is 17.6 Å². The van der Waals surface area contributed by atoms with Gasteiger partial charge in [0.25, 0.3) is 0 Å². The van der Waals surface area contributed by atoms with Crippen LogP contribution in [-0.2, 0) is 22.4 Å². The maximum absolute atomic E-state index is 11.7. The Labute approximate surface area is 127 Å². The molecule has 1 heterocycles. The molecule has 0 fully saturated rings. The summed E-state index contributed by atoms with van der Waals surface area (Å²) in [7, 11) is 2.92. The van der Waals surface area contributed by atoms with Crippen molar-refractivity contribution in [2.45, 2.75) is 13.0 Å². The van der Waals surface area contributed by atoms with Crippen molar-refractivity contribution in [3.05, 3.63) is 46.2 Å². The van der Waals surface area contributed by atoms with Gasteiger partial charge < -0.3 is 9.47 Å². The fourth-order valence-corrected chi connectivity index (χ4v) is 2.18. The standard InChI is InChI=1S/C14H16ClN3O3/c1-20-7-6-12-13(14(19)21-2)16-17-18(12)9-10-4-3-5-11(15)8-10/h3-5,8H,6-7,9H2,1-2H3. The van der Waals surface area contributed by atoms with Gasteiger partial charge in [0.2, 0.25) is 0 Å². The van der Waals surface area contributed by atoms with Gasteiger partial charge in [-0.15, -0.1) is 5.10 Å². The number of ether oxygens (including phenoxy) is 2. The summed E-state index contributed by atoms with van der Waals surface area (Å²) in [6.07, 6.45) is 0.522. The topological polar surface area (TPSA) is 66.2 Å². The lowest BCUT2D eigenvalue weighted by Gasteiger charge is -2.07. The summed E-state index contributed by atoms with van der Waals surface area (Å²) in [5, 5.41) is 8.59. The first-order valence-electron chi connectivity index (χ1n) is 6.39. The highest BCUT2D eigenvalue weighted by Crippen LogP contribution is 2.14. The number of hydrogen-bond acceptors (Lipinski definition) is 5. The minimum atomic E-state index is -0.501. The van der Waals surface area contributed by atoms with Crippen LogP contribution in [0.15, 0.2) is 24.3 Å². The first-order chi connectivity index (χ1) is 10.2. The number of rotatable bonds is 6. The van der Waals surface area contributed by atoms with Crippen LogP contribution >= 0.6 is 11.6 Å². The Morgan fingerprint density at radius 3 is 2.86 bits per heavy atom. The van der Waals surface area contributed by atoms with Crippen LogP contribution in [0.1, 0.15) is 21.7 Å². The Balaban J connectivity index is 2.29. The molecule has 1 aromatic carbocycles. The molecular formula is C14H16ClN3O3. The van der Waals surface area contributed by atoms with Crippen LogP contribution in [0.2, 0.25) is 5.02 Å². The third-order valence-corrected chi connectivity index (χ3v) is 3.22. The van der Waals surface area contributed by atoms with Crippen molar-refractivity contribution in [1.82, 2.24) is 15.0 Å². The molecule has 0 unspecified atom stereocenters. The number of hydrogen-bond donors (Lipinski definition) is 0. The molecule has 0 saturated heterocycles. The van der Waals surface area contributed by atoms with Crippen molar-refractivity contribution in [3.8, 4) is 0 Å². The smallest absolute Gasteiger partial charge is 0.360 e. The van der Waals surface area contributed by atoms with Gasteiger partial charge in [-0.05, 0) is 17.7 Å². The number of nitrogens with zero attached hydrogens (tertiary/aromatic N) is 3. The SMILES string of the molecule is COCCc1c(C(=O)OC)nnn1Cc1cccc(Cl)c1. The van der Waals surface area contributed by atoms with Crippen LogP contribution in [-0.4, -0.2) is 41.8 Å². The molecule has 0 bridgehead atoms. The van der Waals surface area contributed by atoms with Crippen molar-refractivity contribution < 1.29 is 14.3 Å². The summed E-state index contributed by atoms with van der Waals surface area (Å²) in [6, 6.07) is 7.45. The monoisotopic (exact) mass is 309 g/mol. The highest BCUT2D eigenvalue weighted by molar-refractivity contribution is 6.30. The summed E-state index contributed by atoms with van der Waals surface area (Å²) in [4.78, 5) is 11.7. The third kappa shape index (κ3) is 3.80. The zero-order valence-corrected chi connectivity index (χ0v) is 12.6. The number of esters is 1. The second-order valence-corrected chi connectivity index (χ2v) is 4.84. The Hall–Kier alpha value is -1.92. The normalized spacial score (nSPS) is 10.6. The molecule has 1 aromatic heterocycles. The summed E-state index contributed by atoms with van der Waals surface area (Å²) in [5.41, 5.74) is 1.88. The Morgan fingerprint density at radius 2 is 2.19 bits per heavy atom. The highest BCUT2D eigenvalue weighted by Gasteiger charge is 2.20. The van der Waals surface area contributed by atoms with Crippen LogP contribution in [0, 0.1) is 0 Å². The third-order valence-electron chi connectivity index (χ3n) is 2.98. The summed E-state index contributed by atoms with van der Waals surface area (Å²) < 4.78 is 11.5. The number of carbonyl (C=O) groups is 1. The van der Waals surface area contributed by atoms with E-state index in [0.717, 1.165) is 5.56 Å². The Kier molecular flexibility index (Phi) is 5.30. The van der Waals surface area contributed by atoms with E-state index in [9.17, 15) is 4.79 Å². The number of benzene rings is 1. The lowest BCUT2D eigenvalue weighted by atomic mass is 10.2. The number of halogens is 1. The maximum atomic E-state index is 11.7. The number of carbonyl (C=O) groups excluding carboxylic acids is 1. The van der Waals surface area contributed by atoms with Gasteiger partial charge in [-0.1, -0.05) is 28.9 Å². The van der Waals surface area contributed by atoms with Crippen molar-refractivity contribution in [1.29, 1.82) is 0 Å². The molecule has 0 amide bonds. The molecule has 0 N–H and O–H groups in total. The van der Waals surface area contributed by atoms with Crippen LogP contribution < -0.4 is 0 Å². The predicted octanol–water partition coefficient (Wildman–Crippen LogP) is 1.96. The molecule has 21 heavy (non-hydrogen) atoms. The van der Waals surface area contributed by atoms with E-state index in [1.54, 1.807) is 17.9 Å². The van der Waals surface area contributed by atoms with Gasteiger partial charge in [-0.25, -0.2) is 9.48 Å². The number of methoxy groups -OCH3 is 2.